The van der Waals surface area contributed by atoms with Crippen molar-refractivity contribution in [1.29, 1.82) is 5.26 Å². The molecular formula is C14H13N5OS. The van der Waals surface area contributed by atoms with Crippen molar-refractivity contribution in [3.63, 3.8) is 0 Å². The smallest absolute Gasteiger partial charge is 0.214 e. The van der Waals surface area contributed by atoms with E-state index in [1.807, 2.05) is 12.1 Å². The van der Waals surface area contributed by atoms with Gasteiger partial charge in [0.15, 0.2) is 0 Å². The zero-order valence-electron chi connectivity index (χ0n) is 11.2. The van der Waals surface area contributed by atoms with Gasteiger partial charge in [0.2, 0.25) is 10.1 Å². The van der Waals surface area contributed by atoms with Crippen LogP contribution in [0.3, 0.4) is 0 Å². The van der Waals surface area contributed by atoms with Crippen molar-refractivity contribution in [3.8, 4) is 17.3 Å². The molecule has 0 saturated heterocycles. The van der Waals surface area contributed by atoms with E-state index in [4.69, 9.17) is 10.4 Å². The first-order chi connectivity index (χ1) is 10.3. The number of fused-ring (bicyclic) bond motifs is 1. The van der Waals surface area contributed by atoms with Crippen LogP contribution in [0, 0.1) is 11.3 Å². The molecule has 0 unspecified atom stereocenters. The maximum absolute atomic E-state index is 8.83. The summed E-state index contributed by atoms with van der Waals surface area (Å²) in [6.07, 6.45) is 2.46. The Labute approximate surface area is 125 Å². The Balaban J connectivity index is 1.89. The molecule has 0 spiro atoms. The number of imidazole rings is 1. The van der Waals surface area contributed by atoms with Gasteiger partial charge in [-0.3, -0.25) is 0 Å². The Morgan fingerprint density at radius 2 is 2.14 bits per heavy atom. The van der Waals surface area contributed by atoms with Gasteiger partial charge in [-0.2, -0.15) is 5.26 Å². The molecule has 0 aliphatic rings. The lowest BCUT2D eigenvalue weighted by molar-refractivity contribution is 0.292. The fourth-order valence-electron chi connectivity index (χ4n) is 1.95. The number of benzene rings is 1. The number of rotatable bonds is 5. The highest BCUT2D eigenvalue weighted by Crippen LogP contribution is 2.26. The average Bonchev–Trinajstić information content (AvgIpc) is 3.08. The number of hydrogen-bond donors (Lipinski definition) is 2. The molecule has 2 aromatic heterocycles. The molecule has 0 aliphatic heterocycles. The van der Waals surface area contributed by atoms with Gasteiger partial charge in [-0.1, -0.05) is 23.5 Å². The molecule has 7 heteroatoms. The minimum absolute atomic E-state index is 0.159. The summed E-state index contributed by atoms with van der Waals surface area (Å²) >= 11 is 1.47. The topological polar surface area (TPSA) is 86.2 Å². The molecule has 6 nitrogen and oxygen atoms in total. The molecule has 2 heterocycles. The van der Waals surface area contributed by atoms with Crippen molar-refractivity contribution >= 4 is 21.4 Å². The Morgan fingerprint density at radius 3 is 2.86 bits per heavy atom. The summed E-state index contributed by atoms with van der Waals surface area (Å²) in [6.45, 7) is 0.839. The normalized spacial score (nSPS) is 10.7. The molecule has 21 heavy (non-hydrogen) atoms. The molecule has 0 fully saturated rings. The van der Waals surface area contributed by atoms with Crippen molar-refractivity contribution in [1.82, 2.24) is 14.6 Å². The van der Waals surface area contributed by atoms with E-state index >= 15 is 0 Å². The molecule has 0 saturated carbocycles. The third kappa shape index (κ3) is 2.72. The number of aromatic nitrogens is 3. The van der Waals surface area contributed by atoms with Gasteiger partial charge in [0, 0.05) is 18.7 Å². The summed E-state index contributed by atoms with van der Waals surface area (Å²) in [7, 11) is 0. The third-order valence-corrected chi connectivity index (χ3v) is 3.89. The second-order valence-electron chi connectivity index (χ2n) is 4.44. The SMILES string of the molecule is N#Cc1ccc(-c2cnc3sc(NCCCO)nn23)cc1. The van der Waals surface area contributed by atoms with Gasteiger partial charge in [0.25, 0.3) is 0 Å². The summed E-state index contributed by atoms with van der Waals surface area (Å²) < 4.78 is 1.79. The molecule has 2 N–H and O–H groups in total. The lowest BCUT2D eigenvalue weighted by Gasteiger charge is -2.00. The standard InChI is InChI=1S/C14H13N5OS/c15-8-10-2-4-11(5-3-10)12-9-17-14-19(12)18-13(21-14)16-6-1-7-20/h2-5,9,20H,1,6-7H2,(H,16,18). The molecule has 0 amide bonds. The summed E-state index contributed by atoms with van der Waals surface area (Å²) in [6, 6.07) is 9.44. The van der Waals surface area contributed by atoms with Crippen molar-refractivity contribution in [3.05, 3.63) is 36.0 Å². The number of aliphatic hydroxyl groups excluding tert-OH is 1. The average molecular weight is 299 g/mol. The summed E-state index contributed by atoms with van der Waals surface area (Å²) in [5.41, 5.74) is 2.49. The summed E-state index contributed by atoms with van der Waals surface area (Å²) in [5, 5.41) is 26.0. The van der Waals surface area contributed by atoms with Crippen LogP contribution in [0.1, 0.15) is 12.0 Å². The van der Waals surface area contributed by atoms with E-state index in [1.54, 1.807) is 22.8 Å². The van der Waals surface area contributed by atoms with Crippen molar-refractivity contribution in [2.75, 3.05) is 18.5 Å². The van der Waals surface area contributed by atoms with Gasteiger partial charge in [-0.25, -0.2) is 9.50 Å². The predicted octanol–water partition coefficient (Wildman–Crippen LogP) is 2.12. The quantitative estimate of drug-likeness (QED) is 0.705. The van der Waals surface area contributed by atoms with Crippen LogP contribution in [0.15, 0.2) is 30.5 Å². The van der Waals surface area contributed by atoms with Crippen molar-refractivity contribution < 1.29 is 5.11 Å². The van der Waals surface area contributed by atoms with Crippen LogP contribution in [-0.2, 0) is 0 Å². The monoisotopic (exact) mass is 299 g/mol. The molecule has 0 aliphatic carbocycles. The second kappa shape index (κ2) is 5.91. The van der Waals surface area contributed by atoms with Gasteiger partial charge in [-0.05, 0) is 18.6 Å². The van der Waals surface area contributed by atoms with Crippen LogP contribution in [0.4, 0.5) is 5.13 Å². The highest BCUT2D eigenvalue weighted by molar-refractivity contribution is 7.20. The van der Waals surface area contributed by atoms with Gasteiger partial charge in [0.1, 0.15) is 0 Å². The fraction of sp³-hybridized carbons (Fsp3) is 0.214. The van der Waals surface area contributed by atoms with Gasteiger partial charge in [0.05, 0.1) is 23.5 Å². The van der Waals surface area contributed by atoms with Crippen molar-refractivity contribution in [2.24, 2.45) is 0 Å². The predicted molar refractivity (Wildman–Crippen MR) is 81.2 cm³/mol. The first kappa shape index (κ1) is 13.5. The van der Waals surface area contributed by atoms with Crippen molar-refractivity contribution in [2.45, 2.75) is 6.42 Å². The third-order valence-electron chi connectivity index (χ3n) is 3.01. The molecule has 0 radical (unpaired) electrons. The van der Waals surface area contributed by atoms with Crippen LogP contribution in [0.5, 0.6) is 0 Å². The first-order valence-electron chi connectivity index (χ1n) is 6.51. The Hall–Kier alpha value is -2.43. The number of hydrogen-bond acceptors (Lipinski definition) is 6. The largest absolute Gasteiger partial charge is 0.396 e. The Bertz CT molecular complexity index is 784. The van der Waals surface area contributed by atoms with E-state index < -0.39 is 0 Å². The van der Waals surface area contributed by atoms with E-state index in [0.717, 1.165) is 21.3 Å². The molecule has 0 atom stereocenters. The number of nitrogens with one attached hydrogen (secondary N) is 1. The minimum atomic E-state index is 0.159. The zero-order valence-corrected chi connectivity index (χ0v) is 12.0. The minimum Gasteiger partial charge on any atom is -0.396 e. The van der Waals surface area contributed by atoms with E-state index in [9.17, 15) is 0 Å². The lowest BCUT2D eigenvalue weighted by atomic mass is 10.1. The van der Waals surface area contributed by atoms with E-state index in [2.05, 4.69) is 21.5 Å². The molecule has 1 aromatic carbocycles. The van der Waals surface area contributed by atoms with Crippen LogP contribution in [0.25, 0.3) is 16.2 Å². The van der Waals surface area contributed by atoms with Gasteiger partial charge < -0.3 is 10.4 Å². The molecule has 3 aromatic rings. The lowest BCUT2D eigenvalue weighted by Crippen LogP contribution is -2.03. The second-order valence-corrected chi connectivity index (χ2v) is 5.39. The van der Waals surface area contributed by atoms with Crippen LogP contribution in [-0.4, -0.2) is 32.9 Å². The van der Waals surface area contributed by atoms with E-state index in [0.29, 0.717) is 18.5 Å². The maximum Gasteiger partial charge on any atom is 0.214 e. The van der Waals surface area contributed by atoms with Crippen LogP contribution < -0.4 is 5.32 Å². The number of nitriles is 1. The molecule has 0 bridgehead atoms. The molecule has 3 rings (SSSR count). The highest BCUT2D eigenvalue weighted by Gasteiger charge is 2.11. The first-order valence-corrected chi connectivity index (χ1v) is 7.33. The number of aliphatic hydroxyl groups is 1. The van der Waals surface area contributed by atoms with Gasteiger partial charge in [-0.15, -0.1) is 5.10 Å². The number of anilines is 1. The zero-order chi connectivity index (χ0) is 14.7. The summed E-state index contributed by atoms with van der Waals surface area (Å²) in [4.78, 5) is 5.16. The van der Waals surface area contributed by atoms with E-state index in [-0.39, 0.29) is 6.61 Å². The number of nitrogens with zero attached hydrogens (tertiary/aromatic N) is 4. The van der Waals surface area contributed by atoms with Crippen LogP contribution >= 0.6 is 11.3 Å². The molecular weight excluding hydrogens is 286 g/mol. The highest BCUT2D eigenvalue weighted by atomic mass is 32.1. The fourth-order valence-corrected chi connectivity index (χ4v) is 2.75. The Morgan fingerprint density at radius 1 is 1.33 bits per heavy atom. The van der Waals surface area contributed by atoms with Crippen LogP contribution in [0.2, 0.25) is 0 Å². The van der Waals surface area contributed by atoms with E-state index in [1.165, 1.54) is 11.3 Å². The maximum atomic E-state index is 8.83. The molecule has 106 valence electrons. The summed E-state index contributed by atoms with van der Waals surface area (Å²) in [5.74, 6) is 0. The van der Waals surface area contributed by atoms with Gasteiger partial charge >= 0.3 is 0 Å². The Kier molecular flexibility index (Phi) is 3.81.